The number of carbonyl (C=O) groups excluding carboxylic acids is 1. The summed E-state index contributed by atoms with van der Waals surface area (Å²) in [5, 5.41) is 0.808. The molecule has 0 spiro atoms. The van der Waals surface area contributed by atoms with Gasteiger partial charge < -0.3 is 24.8 Å². The third-order valence-electron chi connectivity index (χ3n) is 6.21. The predicted octanol–water partition coefficient (Wildman–Crippen LogP) is 3.99. The lowest BCUT2D eigenvalue weighted by Crippen LogP contribution is -2.43. The highest BCUT2D eigenvalue weighted by molar-refractivity contribution is 5.86. The molecule has 4 aromatic rings. The van der Waals surface area contributed by atoms with E-state index in [1.54, 1.807) is 35.6 Å². The predicted molar refractivity (Wildman–Crippen MR) is 124 cm³/mol. The molecule has 0 radical (unpaired) electrons. The Kier molecular flexibility index (Phi) is 5.79. The largest absolute Gasteiger partial charge is 0.453 e. The van der Waals surface area contributed by atoms with Crippen molar-refractivity contribution >= 4 is 16.9 Å². The van der Waals surface area contributed by atoms with E-state index in [1.807, 2.05) is 20.0 Å². The first-order valence-electron chi connectivity index (χ1n) is 11.2. The van der Waals surface area contributed by atoms with Crippen molar-refractivity contribution in [3.63, 3.8) is 0 Å². The lowest BCUT2D eigenvalue weighted by atomic mass is 10.0. The number of aromatic nitrogens is 3. The number of oxazole rings is 1. The van der Waals surface area contributed by atoms with Crippen LogP contribution in [0.3, 0.4) is 0 Å². The van der Waals surface area contributed by atoms with Gasteiger partial charge in [-0.15, -0.1) is 0 Å². The Hall–Kier alpha value is -3.72. The average Bonchev–Trinajstić information content (AvgIpc) is 3.56. The summed E-state index contributed by atoms with van der Waals surface area (Å²) in [7, 11) is 0. The number of nitrogens with two attached hydrogens (primary N) is 1. The number of aryl methyl sites for hydroxylation is 2. The highest BCUT2D eigenvalue weighted by Crippen LogP contribution is 2.32. The quantitative estimate of drug-likeness (QED) is 0.447. The molecule has 3 aromatic heterocycles. The average molecular weight is 464 g/mol. The van der Waals surface area contributed by atoms with Gasteiger partial charge in [0.1, 0.15) is 17.7 Å². The van der Waals surface area contributed by atoms with Crippen LogP contribution in [0.5, 0.6) is 11.5 Å². The number of amides is 1. The van der Waals surface area contributed by atoms with Crippen LogP contribution in [0.1, 0.15) is 35.1 Å². The molecule has 34 heavy (non-hydrogen) atoms. The second-order valence-electron chi connectivity index (χ2n) is 8.78. The molecule has 1 fully saturated rings. The number of halogens is 1. The molecule has 1 unspecified atom stereocenters. The van der Waals surface area contributed by atoms with Crippen molar-refractivity contribution in [2.75, 3.05) is 13.1 Å². The van der Waals surface area contributed by atoms with Crippen molar-refractivity contribution in [1.29, 1.82) is 0 Å². The fourth-order valence-corrected chi connectivity index (χ4v) is 4.44. The summed E-state index contributed by atoms with van der Waals surface area (Å²) < 4.78 is 26.2. The van der Waals surface area contributed by atoms with E-state index < -0.39 is 11.9 Å². The number of aromatic amines is 1. The van der Waals surface area contributed by atoms with E-state index in [0.29, 0.717) is 35.9 Å². The van der Waals surface area contributed by atoms with Crippen LogP contribution in [0.15, 0.2) is 47.3 Å². The normalized spacial score (nSPS) is 16.8. The second kappa shape index (κ2) is 8.90. The van der Waals surface area contributed by atoms with Gasteiger partial charge >= 0.3 is 0 Å². The molecule has 9 heteroatoms. The number of ether oxygens (including phenoxy) is 1. The van der Waals surface area contributed by atoms with Gasteiger partial charge in [0.05, 0.1) is 23.0 Å². The molecule has 1 aromatic carbocycles. The van der Waals surface area contributed by atoms with Crippen molar-refractivity contribution in [3.8, 4) is 11.5 Å². The third-order valence-corrected chi connectivity index (χ3v) is 6.21. The van der Waals surface area contributed by atoms with E-state index >= 15 is 0 Å². The molecule has 1 aliphatic rings. The van der Waals surface area contributed by atoms with Gasteiger partial charge in [0, 0.05) is 25.5 Å². The number of likely N-dealkylation sites (tertiary alicyclic amines) is 1. The standard InChI is InChI=1S/C25H26FN5O3/c1-14-11-29-23-22(14)21(5-7-28-23)34-20-4-3-16(9-18(20)26)10-19(27)25(32)31-8-6-17(12-31)24-30-15(2)13-33-24/h3-5,7,9,11,13,17,19H,6,8,10,12,27H2,1-2H3,(H,28,29)/t17?,19-/m0/s1. The summed E-state index contributed by atoms with van der Waals surface area (Å²) in [5.74, 6) is 0.666. The van der Waals surface area contributed by atoms with Gasteiger partial charge in [-0.1, -0.05) is 6.07 Å². The molecule has 1 amide bonds. The minimum atomic E-state index is -0.765. The summed E-state index contributed by atoms with van der Waals surface area (Å²) in [6, 6.07) is 5.60. The van der Waals surface area contributed by atoms with E-state index in [-0.39, 0.29) is 24.0 Å². The molecule has 5 rings (SSSR count). The van der Waals surface area contributed by atoms with Gasteiger partial charge in [-0.2, -0.15) is 0 Å². The Bertz CT molecular complexity index is 1350. The minimum absolute atomic E-state index is 0.0713. The van der Waals surface area contributed by atoms with Crippen LogP contribution < -0.4 is 10.5 Å². The molecule has 0 aliphatic carbocycles. The Morgan fingerprint density at radius 1 is 1.35 bits per heavy atom. The molecule has 1 saturated heterocycles. The number of nitrogens with zero attached hydrogens (tertiary/aromatic N) is 3. The van der Waals surface area contributed by atoms with Gasteiger partial charge in [0.15, 0.2) is 17.5 Å². The highest BCUT2D eigenvalue weighted by Gasteiger charge is 2.32. The summed E-state index contributed by atoms with van der Waals surface area (Å²) in [6.07, 6.45) is 6.06. The highest BCUT2D eigenvalue weighted by atomic mass is 19.1. The zero-order valence-electron chi connectivity index (χ0n) is 19.0. The van der Waals surface area contributed by atoms with Crippen molar-refractivity contribution in [2.24, 2.45) is 5.73 Å². The number of fused-ring (bicyclic) bond motifs is 1. The van der Waals surface area contributed by atoms with Gasteiger partial charge in [-0.3, -0.25) is 4.79 Å². The van der Waals surface area contributed by atoms with Crippen LogP contribution in [0.25, 0.3) is 11.0 Å². The van der Waals surface area contributed by atoms with Crippen LogP contribution in [0.2, 0.25) is 0 Å². The molecule has 3 N–H and O–H groups in total. The Morgan fingerprint density at radius 3 is 2.97 bits per heavy atom. The molecule has 0 saturated carbocycles. The number of benzene rings is 1. The number of hydrogen-bond donors (Lipinski definition) is 2. The summed E-state index contributed by atoms with van der Waals surface area (Å²) in [5.41, 5.74) is 9.29. The molecule has 2 atom stereocenters. The van der Waals surface area contributed by atoms with Gasteiger partial charge in [0.25, 0.3) is 0 Å². The number of H-pyrrole nitrogens is 1. The molecule has 4 heterocycles. The zero-order chi connectivity index (χ0) is 23.8. The maximum Gasteiger partial charge on any atom is 0.239 e. The third kappa shape index (κ3) is 4.26. The zero-order valence-corrected chi connectivity index (χ0v) is 19.0. The maximum absolute atomic E-state index is 14.9. The molecule has 0 bridgehead atoms. The smallest absolute Gasteiger partial charge is 0.239 e. The summed E-state index contributed by atoms with van der Waals surface area (Å²) in [4.78, 5) is 26.3. The number of carbonyl (C=O) groups is 1. The first-order chi connectivity index (χ1) is 16.4. The van der Waals surface area contributed by atoms with E-state index in [1.165, 1.54) is 6.07 Å². The van der Waals surface area contributed by atoms with Gasteiger partial charge in [-0.05, 0) is 56.0 Å². The second-order valence-corrected chi connectivity index (χ2v) is 8.78. The molecule has 1 aliphatic heterocycles. The summed E-state index contributed by atoms with van der Waals surface area (Å²) in [6.45, 7) is 4.92. The monoisotopic (exact) mass is 463 g/mol. The van der Waals surface area contributed by atoms with E-state index in [2.05, 4.69) is 15.0 Å². The van der Waals surface area contributed by atoms with E-state index in [0.717, 1.165) is 23.1 Å². The Labute approximate surface area is 195 Å². The van der Waals surface area contributed by atoms with Crippen molar-refractivity contribution in [3.05, 3.63) is 71.5 Å². The number of nitrogens with one attached hydrogen (secondary N) is 1. The minimum Gasteiger partial charge on any atom is -0.453 e. The van der Waals surface area contributed by atoms with Crippen LogP contribution in [0.4, 0.5) is 4.39 Å². The summed E-state index contributed by atoms with van der Waals surface area (Å²) >= 11 is 0. The maximum atomic E-state index is 14.9. The topological polar surface area (TPSA) is 110 Å². The SMILES string of the molecule is Cc1coc(C2CCN(C(=O)[C@@H](N)Cc3ccc(Oc4ccnc5[nH]cc(C)c45)c(F)c3)C2)n1. The molecular weight excluding hydrogens is 437 g/mol. The number of pyridine rings is 1. The molecular formula is C25H26FN5O3. The van der Waals surface area contributed by atoms with Crippen molar-refractivity contribution in [1.82, 2.24) is 19.9 Å². The van der Waals surface area contributed by atoms with Crippen LogP contribution in [-0.4, -0.2) is 44.9 Å². The van der Waals surface area contributed by atoms with Crippen LogP contribution in [-0.2, 0) is 11.2 Å². The van der Waals surface area contributed by atoms with Crippen molar-refractivity contribution in [2.45, 2.75) is 38.6 Å². The number of rotatable bonds is 6. The fourth-order valence-electron chi connectivity index (χ4n) is 4.44. The lowest BCUT2D eigenvalue weighted by Gasteiger charge is -2.21. The van der Waals surface area contributed by atoms with Crippen LogP contribution in [0, 0.1) is 19.7 Å². The Morgan fingerprint density at radius 2 is 2.21 bits per heavy atom. The van der Waals surface area contributed by atoms with Crippen molar-refractivity contribution < 1.29 is 18.3 Å². The van der Waals surface area contributed by atoms with E-state index in [4.69, 9.17) is 14.9 Å². The molecule has 8 nitrogen and oxygen atoms in total. The van der Waals surface area contributed by atoms with Gasteiger partial charge in [0.2, 0.25) is 5.91 Å². The lowest BCUT2D eigenvalue weighted by molar-refractivity contribution is -0.131. The Balaban J connectivity index is 1.24. The van der Waals surface area contributed by atoms with Gasteiger partial charge in [-0.25, -0.2) is 14.4 Å². The number of hydrogen-bond acceptors (Lipinski definition) is 6. The molecule has 176 valence electrons. The van der Waals surface area contributed by atoms with Crippen LogP contribution >= 0.6 is 0 Å². The van der Waals surface area contributed by atoms with E-state index in [9.17, 15) is 9.18 Å². The first kappa shape index (κ1) is 22.1. The first-order valence-corrected chi connectivity index (χ1v) is 11.2. The fraction of sp³-hybridized carbons (Fsp3) is 0.320.